The first-order chi connectivity index (χ1) is 8.08. The van der Waals surface area contributed by atoms with Crippen molar-refractivity contribution in [3.63, 3.8) is 0 Å². The van der Waals surface area contributed by atoms with Crippen LogP contribution in [-0.2, 0) is 4.74 Å². The third kappa shape index (κ3) is 2.47. The Bertz CT molecular complexity index is 443. The molecule has 1 saturated heterocycles. The fraction of sp³-hybridized carbons (Fsp3) is 0.364. The van der Waals surface area contributed by atoms with E-state index in [-0.39, 0.29) is 23.1 Å². The van der Waals surface area contributed by atoms with Gasteiger partial charge >= 0.3 is 5.97 Å². The molecule has 1 unspecified atom stereocenters. The largest absolute Gasteiger partial charge is 0.485 e. The third-order valence-corrected chi connectivity index (χ3v) is 2.52. The molecule has 0 bridgehead atoms. The van der Waals surface area contributed by atoms with Crippen LogP contribution in [0.5, 0.6) is 5.75 Å². The van der Waals surface area contributed by atoms with E-state index in [4.69, 9.17) is 20.3 Å². The summed E-state index contributed by atoms with van der Waals surface area (Å²) >= 11 is 0. The maximum absolute atomic E-state index is 13.5. The van der Waals surface area contributed by atoms with Gasteiger partial charge in [0.05, 0.1) is 18.8 Å². The van der Waals surface area contributed by atoms with Crippen molar-refractivity contribution in [2.45, 2.75) is 12.5 Å². The molecular formula is C11H12FNO4. The van der Waals surface area contributed by atoms with Crippen LogP contribution in [0.3, 0.4) is 0 Å². The van der Waals surface area contributed by atoms with Gasteiger partial charge in [0.15, 0.2) is 11.6 Å². The fourth-order valence-electron chi connectivity index (χ4n) is 1.63. The van der Waals surface area contributed by atoms with Gasteiger partial charge in [-0.25, -0.2) is 9.18 Å². The van der Waals surface area contributed by atoms with Crippen molar-refractivity contribution >= 4 is 11.7 Å². The van der Waals surface area contributed by atoms with Crippen LogP contribution in [-0.4, -0.2) is 30.4 Å². The smallest absolute Gasteiger partial charge is 0.337 e. The van der Waals surface area contributed by atoms with Crippen molar-refractivity contribution in [2.24, 2.45) is 0 Å². The number of benzene rings is 1. The molecule has 1 aromatic carbocycles. The van der Waals surface area contributed by atoms with E-state index in [1.54, 1.807) is 0 Å². The number of carboxylic acids is 1. The van der Waals surface area contributed by atoms with Crippen LogP contribution in [0, 0.1) is 5.82 Å². The Morgan fingerprint density at radius 2 is 2.35 bits per heavy atom. The van der Waals surface area contributed by atoms with Crippen LogP contribution in [0.4, 0.5) is 10.1 Å². The zero-order valence-corrected chi connectivity index (χ0v) is 8.98. The van der Waals surface area contributed by atoms with Crippen molar-refractivity contribution in [3.8, 4) is 5.75 Å². The molecule has 6 heteroatoms. The van der Waals surface area contributed by atoms with Gasteiger partial charge < -0.3 is 20.3 Å². The molecule has 0 spiro atoms. The van der Waals surface area contributed by atoms with Crippen LogP contribution in [0.15, 0.2) is 12.1 Å². The summed E-state index contributed by atoms with van der Waals surface area (Å²) < 4.78 is 23.9. The Balaban J connectivity index is 2.26. The first kappa shape index (κ1) is 11.7. The zero-order chi connectivity index (χ0) is 12.4. The number of nitrogen functional groups attached to an aromatic ring is 1. The summed E-state index contributed by atoms with van der Waals surface area (Å²) in [6.45, 7) is 0.944. The second-order valence-electron chi connectivity index (χ2n) is 3.78. The molecule has 3 N–H and O–H groups in total. The third-order valence-electron chi connectivity index (χ3n) is 2.52. The van der Waals surface area contributed by atoms with Crippen molar-refractivity contribution in [3.05, 3.63) is 23.5 Å². The van der Waals surface area contributed by atoms with Crippen LogP contribution in [0.2, 0.25) is 0 Å². The molecule has 1 aliphatic rings. The molecule has 1 atom stereocenters. The van der Waals surface area contributed by atoms with Crippen molar-refractivity contribution in [1.29, 1.82) is 0 Å². The van der Waals surface area contributed by atoms with Crippen LogP contribution >= 0.6 is 0 Å². The molecule has 0 amide bonds. The molecule has 1 heterocycles. The van der Waals surface area contributed by atoms with Gasteiger partial charge in [-0.05, 0) is 6.07 Å². The highest BCUT2D eigenvalue weighted by molar-refractivity contribution is 5.94. The summed E-state index contributed by atoms with van der Waals surface area (Å²) in [5, 5.41) is 8.86. The van der Waals surface area contributed by atoms with E-state index < -0.39 is 11.8 Å². The SMILES string of the molecule is Nc1cc(F)c(OC2CCOC2)cc1C(=O)O. The van der Waals surface area contributed by atoms with E-state index in [9.17, 15) is 9.18 Å². The van der Waals surface area contributed by atoms with E-state index in [0.29, 0.717) is 19.6 Å². The number of aromatic carboxylic acids is 1. The highest BCUT2D eigenvalue weighted by atomic mass is 19.1. The van der Waals surface area contributed by atoms with Gasteiger partial charge in [0.1, 0.15) is 6.10 Å². The first-order valence-electron chi connectivity index (χ1n) is 5.14. The Kier molecular flexibility index (Phi) is 3.14. The zero-order valence-electron chi connectivity index (χ0n) is 8.98. The molecule has 0 saturated carbocycles. The summed E-state index contributed by atoms with van der Waals surface area (Å²) in [7, 11) is 0. The molecule has 92 valence electrons. The average Bonchev–Trinajstić information content (AvgIpc) is 2.74. The first-order valence-corrected chi connectivity index (χ1v) is 5.14. The van der Waals surface area contributed by atoms with Gasteiger partial charge in [-0.3, -0.25) is 0 Å². The lowest BCUT2D eigenvalue weighted by molar-refractivity contribution is 0.0697. The summed E-state index contributed by atoms with van der Waals surface area (Å²) in [5.41, 5.74) is 5.11. The van der Waals surface area contributed by atoms with Gasteiger partial charge in [-0.2, -0.15) is 0 Å². The van der Waals surface area contributed by atoms with Crippen molar-refractivity contribution in [1.82, 2.24) is 0 Å². The molecule has 0 aromatic heterocycles. The van der Waals surface area contributed by atoms with Crippen LogP contribution in [0.1, 0.15) is 16.8 Å². The minimum atomic E-state index is -1.21. The summed E-state index contributed by atoms with van der Waals surface area (Å²) in [6, 6.07) is 2.06. The van der Waals surface area contributed by atoms with Crippen molar-refractivity contribution in [2.75, 3.05) is 18.9 Å². The van der Waals surface area contributed by atoms with E-state index in [2.05, 4.69) is 0 Å². The number of carbonyl (C=O) groups is 1. The molecule has 17 heavy (non-hydrogen) atoms. The molecular weight excluding hydrogens is 229 g/mol. The lowest BCUT2D eigenvalue weighted by atomic mass is 10.1. The quantitative estimate of drug-likeness (QED) is 0.779. The Morgan fingerprint density at radius 1 is 1.59 bits per heavy atom. The second kappa shape index (κ2) is 4.58. The molecule has 0 radical (unpaired) electrons. The standard InChI is InChI=1S/C11H12FNO4/c12-8-4-9(13)7(11(14)15)3-10(8)17-6-1-2-16-5-6/h3-4,6H,1-2,5,13H2,(H,14,15). The van der Waals surface area contributed by atoms with Gasteiger partial charge in [-0.1, -0.05) is 0 Å². The molecule has 2 rings (SSSR count). The number of nitrogens with two attached hydrogens (primary N) is 1. The minimum absolute atomic E-state index is 0.105. The normalized spacial score (nSPS) is 19.2. The van der Waals surface area contributed by atoms with Gasteiger partial charge in [-0.15, -0.1) is 0 Å². The average molecular weight is 241 g/mol. The monoisotopic (exact) mass is 241 g/mol. The van der Waals surface area contributed by atoms with E-state index in [1.165, 1.54) is 0 Å². The Morgan fingerprint density at radius 3 is 2.94 bits per heavy atom. The topological polar surface area (TPSA) is 81.8 Å². The lowest BCUT2D eigenvalue weighted by Crippen LogP contribution is -2.17. The molecule has 1 aromatic rings. The lowest BCUT2D eigenvalue weighted by Gasteiger charge is -2.13. The minimum Gasteiger partial charge on any atom is -0.485 e. The number of hydrogen-bond donors (Lipinski definition) is 2. The number of hydrogen-bond acceptors (Lipinski definition) is 4. The summed E-state index contributed by atoms with van der Waals surface area (Å²) in [5.74, 6) is -1.98. The summed E-state index contributed by atoms with van der Waals surface area (Å²) in [6.07, 6.45) is 0.418. The van der Waals surface area contributed by atoms with Gasteiger partial charge in [0, 0.05) is 18.2 Å². The maximum Gasteiger partial charge on any atom is 0.337 e. The Labute approximate surface area is 96.9 Å². The maximum atomic E-state index is 13.5. The summed E-state index contributed by atoms with van der Waals surface area (Å²) in [4.78, 5) is 10.8. The highest BCUT2D eigenvalue weighted by Crippen LogP contribution is 2.26. The van der Waals surface area contributed by atoms with Crippen molar-refractivity contribution < 1.29 is 23.8 Å². The van der Waals surface area contributed by atoms with Gasteiger partial charge in [0.25, 0.3) is 0 Å². The number of ether oxygens (including phenoxy) is 2. The highest BCUT2D eigenvalue weighted by Gasteiger charge is 2.21. The predicted octanol–water partition coefficient (Wildman–Crippen LogP) is 1.27. The van der Waals surface area contributed by atoms with E-state index >= 15 is 0 Å². The number of rotatable bonds is 3. The molecule has 5 nitrogen and oxygen atoms in total. The molecule has 0 aliphatic carbocycles. The van der Waals surface area contributed by atoms with Gasteiger partial charge in [0.2, 0.25) is 0 Å². The second-order valence-corrected chi connectivity index (χ2v) is 3.78. The molecule has 1 aliphatic heterocycles. The number of carboxylic acid groups (broad SMARTS) is 1. The molecule has 1 fully saturated rings. The van der Waals surface area contributed by atoms with Crippen LogP contribution in [0.25, 0.3) is 0 Å². The number of anilines is 1. The fourth-order valence-corrected chi connectivity index (χ4v) is 1.63. The van der Waals surface area contributed by atoms with E-state index in [1.807, 2.05) is 0 Å². The van der Waals surface area contributed by atoms with Crippen LogP contribution < -0.4 is 10.5 Å². The predicted molar refractivity (Wildman–Crippen MR) is 57.6 cm³/mol. The Hall–Kier alpha value is -1.82. The van der Waals surface area contributed by atoms with E-state index in [0.717, 1.165) is 12.1 Å². The number of halogens is 1.